The maximum atomic E-state index is 13.7. The Hall–Kier alpha value is -3.06. The molecule has 1 saturated carbocycles. The van der Waals surface area contributed by atoms with Crippen molar-refractivity contribution in [3.05, 3.63) is 59.2 Å². The Morgan fingerprint density at radius 3 is 2.39 bits per heavy atom. The average molecular weight is 450 g/mol. The number of hydrogen-bond donors (Lipinski definition) is 1. The van der Waals surface area contributed by atoms with Crippen molar-refractivity contribution >= 4 is 11.9 Å². The highest BCUT2D eigenvalue weighted by Gasteiger charge is 2.66. The Labute approximate surface area is 194 Å². The first kappa shape index (κ1) is 21.8. The molecule has 2 aromatic carbocycles. The molecule has 2 aliphatic carbocycles. The summed E-state index contributed by atoms with van der Waals surface area (Å²) in [6, 6.07) is 13.9. The number of hydrogen-bond acceptors (Lipinski definition) is 6. The van der Waals surface area contributed by atoms with Crippen LogP contribution in [0, 0.1) is 5.41 Å². The van der Waals surface area contributed by atoms with Crippen molar-refractivity contribution < 1.29 is 19.0 Å². The van der Waals surface area contributed by atoms with E-state index in [2.05, 4.69) is 6.07 Å². The summed E-state index contributed by atoms with van der Waals surface area (Å²) in [7, 11) is 5.13. The fourth-order valence-corrected chi connectivity index (χ4v) is 5.88. The molecule has 174 valence electrons. The molecule has 2 N–H and O–H groups in total. The van der Waals surface area contributed by atoms with Gasteiger partial charge in [-0.05, 0) is 73.1 Å². The summed E-state index contributed by atoms with van der Waals surface area (Å²) in [5, 5.41) is 0. The summed E-state index contributed by atoms with van der Waals surface area (Å²) in [4.78, 5) is 20.1. The Balaban J connectivity index is 1.48. The summed E-state index contributed by atoms with van der Waals surface area (Å²) in [5.41, 5.74) is 8.07. The van der Waals surface area contributed by atoms with Gasteiger partial charge in [0.15, 0.2) is 11.5 Å². The second-order valence-electron chi connectivity index (χ2n) is 9.39. The second-order valence-corrected chi connectivity index (χ2v) is 9.39. The summed E-state index contributed by atoms with van der Waals surface area (Å²) in [6.07, 6.45) is 4.62. The molecule has 0 bridgehead atoms. The Kier molecular flexibility index (Phi) is 5.32. The van der Waals surface area contributed by atoms with E-state index in [0.717, 1.165) is 60.3 Å². The minimum Gasteiger partial charge on any atom is -0.497 e. The zero-order valence-electron chi connectivity index (χ0n) is 19.5. The van der Waals surface area contributed by atoms with Gasteiger partial charge in [-0.1, -0.05) is 18.2 Å². The number of carbonyl (C=O) groups excluding carboxylic acids is 1. The summed E-state index contributed by atoms with van der Waals surface area (Å²) >= 11 is 0. The average Bonchev–Trinajstić information content (AvgIpc) is 3.24. The van der Waals surface area contributed by atoms with Crippen LogP contribution in [0.15, 0.2) is 47.5 Å². The zero-order valence-corrected chi connectivity index (χ0v) is 19.5. The molecule has 7 nitrogen and oxygen atoms in total. The van der Waals surface area contributed by atoms with E-state index in [4.69, 9.17) is 24.9 Å². The highest BCUT2D eigenvalue weighted by molar-refractivity contribution is 6.08. The number of nitrogens with two attached hydrogens (primary N) is 1. The van der Waals surface area contributed by atoms with E-state index in [-0.39, 0.29) is 23.4 Å². The van der Waals surface area contributed by atoms with Crippen LogP contribution in [0.3, 0.4) is 0 Å². The van der Waals surface area contributed by atoms with Crippen LogP contribution in [0.25, 0.3) is 0 Å². The highest BCUT2D eigenvalue weighted by Crippen LogP contribution is 2.62. The largest absolute Gasteiger partial charge is 0.497 e. The third kappa shape index (κ3) is 3.29. The molecule has 1 heterocycles. The maximum Gasteiger partial charge on any atom is 0.262 e. The molecule has 1 atom stereocenters. The van der Waals surface area contributed by atoms with E-state index in [0.29, 0.717) is 6.61 Å². The topological polar surface area (TPSA) is 86.4 Å². The SMILES string of the molecule is COc1ccc(COc2ccc3c(c2)C2(N=C(N)N(C)C2=O)[C@]2(CC[C@H](OC)CC2)C3)cc1. The minimum absolute atomic E-state index is 0.0399. The second kappa shape index (κ2) is 8.06. The first-order valence-electron chi connectivity index (χ1n) is 11.5. The lowest BCUT2D eigenvalue weighted by Gasteiger charge is -2.45. The van der Waals surface area contributed by atoms with Gasteiger partial charge >= 0.3 is 0 Å². The molecule has 1 amide bonds. The first-order chi connectivity index (χ1) is 15.9. The number of methoxy groups -OCH3 is 2. The van der Waals surface area contributed by atoms with Crippen LogP contribution in [-0.2, 0) is 28.1 Å². The highest BCUT2D eigenvalue weighted by atomic mass is 16.5. The molecule has 1 aliphatic heterocycles. The Bertz CT molecular complexity index is 1090. The van der Waals surface area contributed by atoms with Crippen LogP contribution in [0.1, 0.15) is 42.4 Å². The molecule has 2 spiro atoms. The van der Waals surface area contributed by atoms with Crippen LogP contribution >= 0.6 is 0 Å². The van der Waals surface area contributed by atoms with Gasteiger partial charge in [0.05, 0.1) is 13.2 Å². The molecule has 7 heteroatoms. The zero-order chi connectivity index (χ0) is 23.2. The molecule has 1 fully saturated rings. The van der Waals surface area contributed by atoms with Crippen LogP contribution < -0.4 is 15.2 Å². The Morgan fingerprint density at radius 1 is 1.09 bits per heavy atom. The van der Waals surface area contributed by atoms with Crippen molar-refractivity contribution in [3.8, 4) is 11.5 Å². The number of ether oxygens (including phenoxy) is 3. The number of rotatable bonds is 5. The standard InChI is InChI=1S/C26H31N3O4/c1-29-23(30)26(28-24(29)27)22-14-21(33-16-17-4-7-19(31-2)8-5-17)9-6-18(22)15-25(26)12-10-20(32-3)11-13-25/h4-9,14,20H,10-13,15-16H2,1-3H3,(H2,27,28)/t20-,25-,26?. The Morgan fingerprint density at radius 2 is 1.79 bits per heavy atom. The van der Waals surface area contributed by atoms with Gasteiger partial charge in [-0.2, -0.15) is 0 Å². The van der Waals surface area contributed by atoms with Crippen LogP contribution in [0.2, 0.25) is 0 Å². The number of benzene rings is 2. The van der Waals surface area contributed by atoms with Gasteiger partial charge in [-0.3, -0.25) is 9.69 Å². The van der Waals surface area contributed by atoms with Crippen molar-refractivity contribution in [1.82, 2.24) is 4.90 Å². The third-order valence-electron chi connectivity index (χ3n) is 7.80. The summed E-state index contributed by atoms with van der Waals surface area (Å²) in [5.74, 6) is 1.78. The number of likely N-dealkylation sites (N-methyl/N-ethyl adjacent to an activating group) is 1. The first-order valence-corrected chi connectivity index (χ1v) is 11.5. The van der Waals surface area contributed by atoms with E-state index < -0.39 is 5.54 Å². The number of fused-ring (bicyclic) bond motifs is 3. The third-order valence-corrected chi connectivity index (χ3v) is 7.80. The van der Waals surface area contributed by atoms with E-state index in [1.807, 2.05) is 36.4 Å². The predicted octanol–water partition coefficient (Wildman–Crippen LogP) is 3.39. The quantitative estimate of drug-likeness (QED) is 0.756. The molecule has 0 aromatic heterocycles. The smallest absolute Gasteiger partial charge is 0.262 e. The maximum absolute atomic E-state index is 13.7. The van der Waals surface area contributed by atoms with Gasteiger partial charge in [0, 0.05) is 19.6 Å². The molecule has 2 aromatic rings. The molecule has 0 radical (unpaired) electrons. The summed E-state index contributed by atoms with van der Waals surface area (Å²) in [6.45, 7) is 0.426. The van der Waals surface area contributed by atoms with Gasteiger partial charge in [0.25, 0.3) is 5.91 Å². The van der Waals surface area contributed by atoms with Gasteiger partial charge in [0.1, 0.15) is 18.1 Å². The molecule has 0 saturated heterocycles. The van der Waals surface area contributed by atoms with E-state index in [1.165, 1.54) is 4.90 Å². The van der Waals surface area contributed by atoms with Gasteiger partial charge in [-0.25, -0.2) is 4.99 Å². The van der Waals surface area contributed by atoms with Crippen molar-refractivity contribution in [2.24, 2.45) is 16.1 Å². The van der Waals surface area contributed by atoms with E-state index >= 15 is 0 Å². The summed E-state index contributed by atoms with van der Waals surface area (Å²) < 4.78 is 17.0. The molecule has 5 rings (SSSR count). The van der Waals surface area contributed by atoms with Crippen molar-refractivity contribution in [2.45, 2.75) is 50.4 Å². The van der Waals surface area contributed by atoms with Crippen LogP contribution in [-0.4, -0.2) is 44.1 Å². The molecule has 3 aliphatic rings. The minimum atomic E-state index is -0.987. The number of aliphatic imine (C=N–C) groups is 1. The van der Waals surface area contributed by atoms with Gasteiger partial charge < -0.3 is 19.9 Å². The van der Waals surface area contributed by atoms with Crippen molar-refractivity contribution in [3.63, 3.8) is 0 Å². The van der Waals surface area contributed by atoms with Crippen LogP contribution in [0.5, 0.6) is 11.5 Å². The molecular formula is C26H31N3O4. The molecular weight excluding hydrogens is 418 g/mol. The van der Waals surface area contributed by atoms with E-state index in [1.54, 1.807) is 21.3 Å². The van der Waals surface area contributed by atoms with Crippen molar-refractivity contribution in [1.29, 1.82) is 0 Å². The lowest BCUT2D eigenvalue weighted by atomic mass is 9.61. The van der Waals surface area contributed by atoms with E-state index in [9.17, 15) is 4.79 Å². The van der Waals surface area contributed by atoms with Crippen LogP contribution in [0.4, 0.5) is 0 Å². The molecule has 1 unspecified atom stereocenters. The number of nitrogens with zero attached hydrogens (tertiary/aromatic N) is 2. The van der Waals surface area contributed by atoms with Gasteiger partial charge in [0.2, 0.25) is 0 Å². The predicted molar refractivity (Wildman–Crippen MR) is 125 cm³/mol. The number of amides is 1. The monoisotopic (exact) mass is 449 g/mol. The van der Waals surface area contributed by atoms with Gasteiger partial charge in [-0.15, -0.1) is 0 Å². The lowest BCUT2D eigenvalue weighted by Crippen LogP contribution is -2.51. The van der Waals surface area contributed by atoms with Crippen molar-refractivity contribution in [2.75, 3.05) is 21.3 Å². The fraction of sp³-hybridized carbons (Fsp3) is 0.462. The molecule has 33 heavy (non-hydrogen) atoms. The lowest BCUT2D eigenvalue weighted by molar-refractivity contribution is -0.137. The fourth-order valence-electron chi connectivity index (χ4n) is 5.88. The number of guanidine groups is 1. The normalized spacial score (nSPS) is 28.3. The number of carbonyl (C=O) groups is 1.